The van der Waals surface area contributed by atoms with Crippen molar-refractivity contribution in [1.29, 1.82) is 0 Å². The summed E-state index contributed by atoms with van der Waals surface area (Å²) in [5.74, 6) is 0.585. The molecule has 6 nitrogen and oxygen atoms in total. The van der Waals surface area contributed by atoms with Gasteiger partial charge in [0.25, 0.3) is 0 Å². The number of carbonyl (C=O) groups is 1. The van der Waals surface area contributed by atoms with Gasteiger partial charge in [-0.2, -0.15) is 0 Å². The summed E-state index contributed by atoms with van der Waals surface area (Å²) in [6, 6.07) is 0.363. The Bertz CT molecular complexity index is 490. The largest absolute Gasteiger partial charge is 0.351 e. The van der Waals surface area contributed by atoms with E-state index in [1.165, 1.54) is 6.42 Å². The van der Waals surface area contributed by atoms with Gasteiger partial charge in [0.15, 0.2) is 0 Å². The van der Waals surface area contributed by atoms with Crippen molar-refractivity contribution in [2.24, 2.45) is 17.6 Å². The van der Waals surface area contributed by atoms with Crippen molar-refractivity contribution in [1.82, 2.24) is 10.0 Å². The molecule has 2 atom stereocenters. The van der Waals surface area contributed by atoms with Crippen LogP contribution in [0.25, 0.3) is 0 Å². The molecule has 2 aliphatic carbocycles. The summed E-state index contributed by atoms with van der Waals surface area (Å²) in [4.78, 5) is 12.5. The monoisotopic (exact) mass is 317 g/mol. The predicted molar refractivity (Wildman–Crippen MR) is 82.0 cm³/mol. The third kappa shape index (κ3) is 4.17. The fraction of sp³-hybridized carbons (Fsp3) is 0.929. The summed E-state index contributed by atoms with van der Waals surface area (Å²) >= 11 is 0. The van der Waals surface area contributed by atoms with Crippen LogP contribution in [-0.4, -0.2) is 38.2 Å². The first kappa shape index (κ1) is 16.7. The molecular formula is C14H27N3O3S. The van der Waals surface area contributed by atoms with E-state index in [9.17, 15) is 13.2 Å². The lowest BCUT2D eigenvalue weighted by molar-refractivity contribution is -0.128. The van der Waals surface area contributed by atoms with Gasteiger partial charge in [-0.1, -0.05) is 6.42 Å². The average Bonchev–Trinajstić information content (AvgIpc) is 2.26. The number of nitrogens with two attached hydrogens (primary N) is 1. The first-order chi connectivity index (χ1) is 9.58. The predicted octanol–water partition coefficient (Wildman–Crippen LogP) is 0.336. The smallest absolute Gasteiger partial charge is 0.240 e. The second-order valence-corrected chi connectivity index (χ2v) is 8.93. The average molecular weight is 317 g/mol. The molecule has 2 aliphatic rings. The van der Waals surface area contributed by atoms with Crippen LogP contribution in [0.3, 0.4) is 0 Å². The molecule has 0 aromatic carbocycles. The van der Waals surface area contributed by atoms with Crippen LogP contribution in [0.1, 0.15) is 46.0 Å². The molecule has 0 spiro atoms. The van der Waals surface area contributed by atoms with Crippen molar-refractivity contribution in [3.05, 3.63) is 0 Å². The first-order valence-corrected chi connectivity index (χ1v) is 9.53. The van der Waals surface area contributed by atoms with Gasteiger partial charge in [0.2, 0.25) is 15.9 Å². The highest BCUT2D eigenvalue weighted by Crippen LogP contribution is 2.39. The summed E-state index contributed by atoms with van der Waals surface area (Å²) in [5, 5.41) is 3.08. The van der Waals surface area contributed by atoms with Gasteiger partial charge in [-0.15, -0.1) is 0 Å². The number of carbonyl (C=O) groups excluding carboxylic acids is 1. The van der Waals surface area contributed by atoms with Gasteiger partial charge in [-0.05, 0) is 51.4 Å². The Morgan fingerprint density at radius 2 is 1.71 bits per heavy atom. The molecule has 2 unspecified atom stereocenters. The van der Waals surface area contributed by atoms with Gasteiger partial charge < -0.3 is 11.1 Å². The standard InChI is InChI=1S/C14H27N3O3S/c1-14(2,17-21(3,19)20)13(18)16-12-9-5-4-6-10(12)8-11(15)7-9/h9-12,17H,4-8,15H2,1-3H3,(H,16,18). The van der Waals surface area contributed by atoms with E-state index in [-0.39, 0.29) is 18.0 Å². The molecule has 2 fully saturated rings. The normalized spacial score (nSPS) is 33.5. The molecule has 0 aromatic rings. The maximum atomic E-state index is 12.5. The molecule has 2 saturated carbocycles. The van der Waals surface area contributed by atoms with Crippen LogP contribution in [0.4, 0.5) is 0 Å². The minimum Gasteiger partial charge on any atom is -0.351 e. The van der Waals surface area contributed by atoms with Crippen molar-refractivity contribution in [3.8, 4) is 0 Å². The SMILES string of the molecule is CC(C)(NS(C)(=O)=O)C(=O)NC1C2CCCC1CC(N)C2. The number of fused-ring (bicyclic) bond motifs is 2. The second kappa shape index (κ2) is 5.85. The highest BCUT2D eigenvalue weighted by Gasteiger charge is 2.42. The van der Waals surface area contributed by atoms with Crippen molar-refractivity contribution < 1.29 is 13.2 Å². The van der Waals surface area contributed by atoms with Crippen molar-refractivity contribution in [2.75, 3.05) is 6.26 Å². The molecular weight excluding hydrogens is 290 g/mol. The van der Waals surface area contributed by atoms with Crippen molar-refractivity contribution >= 4 is 15.9 Å². The lowest BCUT2D eigenvalue weighted by atomic mass is 9.67. The Morgan fingerprint density at radius 3 is 2.19 bits per heavy atom. The van der Waals surface area contributed by atoms with Gasteiger partial charge in [-0.3, -0.25) is 4.79 Å². The van der Waals surface area contributed by atoms with E-state index in [0.29, 0.717) is 11.8 Å². The Balaban J connectivity index is 2.05. The topological polar surface area (TPSA) is 101 Å². The van der Waals surface area contributed by atoms with E-state index in [1.807, 2.05) is 0 Å². The fourth-order valence-corrected chi connectivity index (χ4v) is 4.89. The van der Waals surface area contributed by atoms with E-state index in [0.717, 1.165) is 31.9 Å². The van der Waals surface area contributed by atoms with Crippen LogP contribution in [0.2, 0.25) is 0 Å². The van der Waals surface area contributed by atoms with Gasteiger partial charge in [0, 0.05) is 12.1 Å². The lowest BCUT2D eigenvalue weighted by Gasteiger charge is -2.46. The van der Waals surface area contributed by atoms with Crippen LogP contribution < -0.4 is 15.8 Å². The summed E-state index contributed by atoms with van der Waals surface area (Å²) in [5.41, 5.74) is 4.95. The lowest BCUT2D eigenvalue weighted by Crippen LogP contribution is -2.61. The maximum Gasteiger partial charge on any atom is 0.240 e. The molecule has 0 aromatic heterocycles. The van der Waals surface area contributed by atoms with Gasteiger partial charge in [-0.25, -0.2) is 13.1 Å². The van der Waals surface area contributed by atoms with Gasteiger partial charge in [0.05, 0.1) is 6.26 Å². The Labute approximate surface area is 127 Å². The van der Waals surface area contributed by atoms with Crippen LogP contribution in [0.15, 0.2) is 0 Å². The van der Waals surface area contributed by atoms with Crippen molar-refractivity contribution in [3.63, 3.8) is 0 Å². The number of hydrogen-bond donors (Lipinski definition) is 3. The maximum absolute atomic E-state index is 12.5. The molecule has 21 heavy (non-hydrogen) atoms. The first-order valence-electron chi connectivity index (χ1n) is 7.64. The second-order valence-electron chi connectivity index (χ2n) is 7.18. The molecule has 0 radical (unpaired) electrons. The fourth-order valence-electron chi connectivity index (χ4n) is 3.87. The van der Waals surface area contributed by atoms with Crippen LogP contribution >= 0.6 is 0 Å². The highest BCUT2D eigenvalue weighted by molar-refractivity contribution is 7.88. The van der Waals surface area contributed by atoms with Gasteiger partial charge >= 0.3 is 0 Å². The van der Waals surface area contributed by atoms with E-state index < -0.39 is 15.6 Å². The molecule has 4 N–H and O–H groups in total. The third-order valence-corrected chi connectivity index (χ3v) is 5.56. The number of hydrogen-bond acceptors (Lipinski definition) is 4. The quantitative estimate of drug-likeness (QED) is 0.696. The molecule has 0 aliphatic heterocycles. The number of rotatable bonds is 4. The number of nitrogens with one attached hydrogen (secondary N) is 2. The Hall–Kier alpha value is -0.660. The Morgan fingerprint density at radius 1 is 1.19 bits per heavy atom. The molecule has 0 saturated heterocycles. The zero-order valence-electron chi connectivity index (χ0n) is 13.1. The van der Waals surface area contributed by atoms with Crippen LogP contribution in [-0.2, 0) is 14.8 Å². The van der Waals surface area contributed by atoms with Gasteiger partial charge in [0.1, 0.15) is 5.54 Å². The molecule has 1 amide bonds. The highest BCUT2D eigenvalue weighted by atomic mass is 32.2. The molecule has 122 valence electrons. The molecule has 7 heteroatoms. The van der Waals surface area contributed by atoms with Crippen LogP contribution in [0, 0.1) is 11.8 Å². The van der Waals surface area contributed by atoms with Crippen molar-refractivity contribution in [2.45, 2.75) is 63.6 Å². The Kier molecular flexibility index (Phi) is 4.66. The zero-order valence-corrected chi connectivity index (χ0v) is 13.9. The summed E-state index contributed by atoms with van der Waals surface area (Å²) in [6.07, 6.45) is 6.34. The third-order valence-electron chi connectivity index (χ3n) is 4.68. The minimum absolute atomic E-state index is 0.131. The molecule has 0 heterocycles. The summed E-state index contributed by atoms with van der Waals surface area (Å²) in [6.45, 7) is 3.18. The number of sulfonamides is 1. The minimum atomic E-state index is -3.43. The summed E-state index contributed by atoms with van der Waals surface area (Å²) < 4.78 is 25.1. The zero-order chi connectivity index (χ0) is 15.8. The van der Waals surface area contributed by atoms with Crippen LogP contribution in [0.5, 0.6) is 0 Å². The summed E-state index contributed by atoms with van der Waals surface area (Å²) in [7, 11) is -3.43. The molecule has 2 rings (SSSR count). The van der Waals surface area contributed by atoms with E-state index in [4.69, 9.17) is 5.73 Å². The van der Waals surface area contributed by atoms with E-state index in [2.05, 4.69) is 10.0 Å². The number of amides is 1. The van der Waals surface area contributed by atoms with E-state index >= 15 is 0 Å². The molecule has 2 bridgehead atoms. The van der Waals surface area contributed by atoms with E-state index in [1.54, 1.807) is 13.8 Å².